The molecule has 0 fully saturated rings. The lowest BCUT2D eigenvalue weighted by Crippen LogP contribution is -2.07. The summed E-state index contributed by atoms with van der Waals surface area (Å²) in [5, 5.41) is 0.577. The summed E-state index contributed by atoms with van der Waals surface area (Å²) >= 11 is 0. The minimum absolute atomic E-state index is 0.0362. The molecule has 3 aromatic carbocycles. The van der Waals surface area contributed by atoms with Crippen LogP contribution in [0.15, 0.2) is 88.1 Å². The summed E-state index contributed by atoms with van der Waals surface area (Å²) < 4.78 is 11.4. The molecule has 0 unspecified atom stereocenters. The number of ether oxygens (including phenoxy) is 1. The Bertz CT molecular complexity index is 1080. The minimum Gasteiger partial charge on any atom is -0.497 e. The molecule has 3 heteroatoms. The Kier molecular flexibility index (Phi) is 3.82. The van der Waals surface area contributed by atoms with Crippen LogP contribution in [0.5, 0.6) is 5.75 Å². The lowest BCUT2D eigenvalue weighted by Gasteiger charge is -2.11. The van der Waals surface area contributed by atoms with Gasteiger partial charge in [0.25, 0.3) is 0 Å². The molecule has 1 aromatic heterocycles. The first-order valence-corrected chi connectivity index (χ1v) is 8.03. The smallest absolute Gasteiger partial charge is 0.201 e. The van der Waals surface area contributed by atoms with Crippen LogP contribution in [0.2, 0.25) is 0 Å². The summed E-state index contributed by atoms with van der Waals surface area (Å²) in [6.45, 7) is 0. The predicted molar refractivity (Wildman–Crippen MR) is 99.9 cm³/mol. The molecule has 1 heterocycles. The quantitative estimate of drug-likeness (QED) is 0.523. The molecule has 0 radical (unpaired) electrons. The summed E-state index contributed by atoms with van der Waals surface area (Å²) in [7, 11) is 1.62. The SMILES string of the molecule is COc1ccc(-c2c(-c3ccccc3)oc3ccccc3c2=O)cc1. The first-order chi connectivity index (χ1) is 12.3. The number of hydrogen-bond donors (Lipinski definition) is 0. The van der Waals surface area contributed by atoms with Crippen LogP contribution in [-0.4, -0.2) is 7.11 Å². The third-order valence-corrected chi connectivity index (χ3v) is 4.21. The van der Waals surface area contributed by atoms with E-state index in [1.807, 2.05) is 72.8 Å². The zero-order valence-electron chi connectivity index (χ0n) is 13.7. The van der Waals surface area contributed by atoms with Gasteiger partial charge in [-0.05, 0) is 29.8 Å². The fraction of sp³-hybridized carbons (Fsp3) is 0.0455. The molecule has 0 spiro atoms. The zero-order chi connectivity index (χ0) is 17.2. The van der Waals surface area contributed by atoms with Gasteiger partial charge in [0, 0.05) is 5.56 Å². The fourth-order valence-corrected chi connectivity index (χ4v) is 2.95. The minimum atomic E-state index is -0.0362. The molecule has 0 N–H and O–H groups in total. The van der Waals surface area contributed by atoms with Gasteiger partial charge in [-0.3, -0.25) is 4.79 Å². The van der Waals surface area contributed by atoms with Gasteiger partial charge >= 0.3 is 0 Å². The third kappa shape index (κ3) is 2.70. The van der Waals surface area contributed by atoms with Gasteiger partial charge in [0.1, 0.15) is 17.1 Å². The molecule has 0 saturated carbocycles. The second-order valence-corrected chi connectivity index (χ2v) is 5.73. The summed E-state index contributed by atoms with van der Waals surface area (Å²) in [6, 6.07) is 24.5. The van der Waals surface area contributed by atoms with E-state index < -0.39 is 0 Å². The van der Waals surface area contributed by atoms with E-state index in [1.54, 1.807) is 13.2 Å². The highest BCUT2D eigenvalue weighted by atomic mass is 16.5. The van der Waals surface area contributed by atoms with Crippen molar-refractivity contribution in [2.45, 2.75) is 0 Å². The molecular weight excluding hydrogens is 312 g/mol. The third-order valence-electron chi connectivity index (χ3n) is 4.21. The molecule has 0 bridgehead atoms. The molecule has 0 aliphatic carbocycles. The summed E-state index contributed by atoms with van der Waals surface area (Å²) in [5.74, 6) is 1.32. The topological polar surface area (TPSA) is 39.4 Å². The van der Waals surface area contributed by atoms with E-state index in [4.69, 9.17) is 9.15 Å². The Hall–Kier alpha value is -3.33. The molecule has 4 rings (SSSR count). The van der Waals surface area contributed by atoms with E-state index in [0.717, 1.165) is 16.9 Å². The standard InChI is InChI=1S/C22H16O3/c1-24-17-13-11-15(12-14-17)20-21(23)18-9-5-6-10-19(18)25-22(20)16-7-3-2-4-8-16/h2-14H,1H3. The van der Waals surface area contributed by atoms with Gasteiger partial charge < -0.3 is 9.15 Å². The maximum absolute atomic E-state index is 13.2. The van der Waals surface area contributed by atoms with Crippen LogP contribution in [0.1, 0.15) is 0 Å². The Labute approximate surface area is 145 Å². The Morgan fingerprint density at radius 1 is 0.760 bits per heavy atom. The maximum Gasteiger partial charge on any atom is 0.201 e. The summed E-state index contributed by atoms with van der Waals surface area (Å²) in [6.07, 6.45) is 0. The van der Waals surface area contributed by atoms with Crippen LogP contribution in [0.4, 0.5) is 0 Å². The number of benzene rings is 3. The normalized spacial score (nSPS) is 10.8. The van der Waals surface area contributed by atoms with Gasteiger partial charge in [0.2, 0.25) is 5.43 Å². The molecule has 3 nitrogen and oxygen atoms in total. The largest absolute Gasteiger partial charge is 0.497 e. The summed E-state index contributed by atoms with van der Waals surface area (Å²) in [5.41, 5.74) is 2.79. The predicted octanol–water partition coefficient (Wildman–Crippen LogP) is 5.14. The van der Waals surface area contributed by atoms with Gasteiger partial charge in [-0.15, -0.1) is 0 Å². The second-order valence-electron chi connectivity index (χ2n) is 5.73. The molecule has 4 aromatic rings. The average molecular weight is 328 g/mol. The summed E-state index contributed by atoms with van der Waals surface area (Å²) in [4.78, 5) is 13.2. The van der Waals surface area contributed by atoms with E-state index in [2.05, 4.69) is 0 Å². The van der Waals surface area contributed by atoms with E-state index >= 15 is 0 Å². The molecule has 0 atom stereocenters. The van der Waals surface area contributed by atoms with Gasteiger partial charge in [-0.25, -0.2) is 0 Å². The lowest BCUT2D eigenvalue weighted by atomic mass is 9.98. The highest BCUT2D eigenvalue weighted by molar-refractivity contribution is 5.89. The van der Waals surface area contributed by atoms with Gasteiger partial charge in [0.05, 0.1) is 18.1 Å². The Balaban J connectivity index is 2.06. The first-order valence-electron chi connectivity index (χ1n) is 8.03. The highest BCUT2D eigenvalue weighted by Gasteiger charge is 2.17. The van der Waals surface area contributed by atoms with Crippen molar-refractivity contribution in [3.63, 3.8) is 0 Å². The van der Waals surface area contributed by atoms with Gasteiger partial charge in [-0.1, -0.05) is 54.6 Å². The number of para-hydroxylation sites is 1. The van der Waals surface area contributed by atoms with Crippen molar-refractivity contribution in [3.05, 3.63) is 89.1 Å². The van der Waals surface area contributed by atoms with Crippen LogP contribution >= 0.6 is 0 Å². The highest BCUT2D eigenvalue weighted by Crippen LogP contribution is 2.33. The van der Waals surface area contributed by atoms with Crippen molar-refractivity contribution in [1.29, 1.82) is 0 Å². The van der Waals surface area contributed by atoms with Crippen LogP contribution in [0.25, 0.3) is 33.4 Å². The van der Waals surface area contributed by atoms with Crippen LogP contribution in [-0.2, 0) is 0 Å². The number of fused-ring (bicyclic) bond motifs is 1. The van der Waals surface area contributed by atoms with Crippen molar-refractivity contribution >= 4 is 11.0 Å². The number of methoxy groups -OCH3 is 1. The van der Waals surface area contributed by atoms with E-state index in [-0.39, 0.29) is 5.43 Å². The zero-order valence-corrected chi connectivity index (χ0v) is 13.7. The van der Waals surface area contributed by atoms with E-state index in [1.165, 1.54) is 0 Å². The van der Waals surface area contributed by atoms with Crippen molar-refractivity contribution < 1.29 is 9.15 Å². The maximum atomic E-state index is 13.2. The monoisotopic (exact) mass is 328 g/mol. The van der Waals surface area contributed by atoms with Crippen LogP contribution in [0, 0.1) is 0 Å². The average Bonchev–Trinajstić information content (AvgIpc) is 2.69. The number of rotatable bonds is 3. The van der Waals surface area contributed by atoms with Crippen molar-refractivity contribution in [3.8, 4) is 28.2 Å². The number of hydrogen-bond acceptors (Lipinski definition) is 3. The van der Waals surface area contributed by atoms with Crippen LogP contribution < -0.4 is 10.2 Å². The molecular formula is C22H16O3. The molecule has 0 aliphatic rings. The first kappa shape index (κ1) is 15.2. The van der Waals surface area contributed by atoms with E-state index in [9.17, 15) is 4.79 Å². The molecule has 0 aliphatic heterocycles. The van der Waals surface area contributed by atoms with Gasteiger partial charge in [-0.2, -0.15) is 0 Å². The molecule has 25 heavy (non-hydrogen) atoms. The second kappa shape index (κ2) is 6.29. The Morgan fingerprint density at radius 2 is 1.44 bits per heavy atom. The van der Waals surface area contributed by atoms with Crippen LogP contribution in [0.3, 0.4) is 0 Å². The molecule has 122 valence electrons. The fourth-order valence-electron chi connectivity index (χ4n) is 2.95. The molecule has 0 saturated heterocycles. The Morgan fingerprint density at radius 3 is 2.16 bits per heavy atom. The van der Waals surface area contributed by atoms with Crippen molar-refractivity contribution in [2.24, 2.45) is 0 Å². The van der Waals surface area contributed by atoms with Gasteiger partial charge in [0.15, 0.2) is 0 Å². The van der Waals surface area contributed by atoms with Crippen molar-refractivity contribution in [2.75, 3.05) is 7.11 Å². The van der Waals surface area contributed by atoms with Crippen molar-refractivity contribution in [1.82, 2.24) is 0 Å². The molecule has 0 amide bonds. The lowest BCUT2D eigenvalue weighted by molar-refractivity contribution is 0.415. The van der Waals surface area contributed by atoms with E-state index in [0.29, 0.717) is 22.3 Å².